The third-order valence-corrected chi connectivity index (χ3v) is 2.81. The largest absolute Gasteiger partial charge is 0.491 e. The molecule has 2 unspecified atom stereocenters. The van der Waals surface area contributed by atoms with Crippen LogP contribution in [0.2, 0.25) is 0 Å². The molecule has 0 bridgehead atoms. The summed E-state index contributed by atoms with van der Waals surface area (Å²) >= 11 is 0. The maximum atomic E-state index is 9.32. The van der Waals surface area contributed by atoms with E-state index in [1.165, 1.54) is 0 Å². The Balaban J connectivity index is 1.59. The molecule has 1 aliphatic rings. The van der Waals surface area contributed by atoms with Crippen LogP contribution in [0, 0.1) is 0 Å². The van der Waals surface area contributed by atoms with Crippen LogP contribution in [0.15, 0.2) is 30.3 Å². The third kappa shape index (κ3) is 3.51. The molecule has 0 aromatic heterocycles. The molecule has 1 aromatic carbocycles. The van der Waals surface area contributed by atoms with Crippen LogP contribution in [0.1, 0.15) is 19.3 Å². The van der Waals surface area contributed by atoms with Crippen molar-refractivity contribution < 1.29 is 14.6 Å². The normalized spacial score (nSPS) is 24.6. The lowest BCUT2D eigenvalue weighted by Crippen LogP contribution is -2.15. The molecule has 1 aromatic rings. The molecule has 1 saturated carbocycles. The molecule has 0 amide bonds. The minimum absolute atomic E-state index is 0.167. The second-order valence-electron chi connectivity index (χ2n) is 4.12. The van der Waals surface area contributed by atoms with Gasteiger partial charge in [0.05, 0.1) is 18.8 Å². The van der Waals surface area contributed by atoms with Gasteiger partial charge in [0, 0.05) is 0 Å². The van der Waals surface area contributed by atoms with Crippen LogP contribution in [-0.2, 0) is 4.74 Å². The second-order valence-corrected chi connectivity index (χ2v) is 4.12. The molecule has 1 N–H and O–H groups in total. The van der Waals surface area contributed by atoms with Gasteiger partial charge in [0.15, 0.2) is 0 Å². The van der Waals surface area contributed by atoms with Gasteiger partial charge >= 0.3 is 0 Å². The van der Waals surface area contributed by atoms with E-state index in [1.807, 2.05) is 30.3 Å². The van der Waals surface area contributed by atoms with Crippen LogP contribution in [-0.4, -0.2) is 30.5 Å². The molecule has 1 fully saturated rings. The van der Waals surface area contributed by atoms with Crippen molar-refractivity contribution in [2.75, 3.05) is 13.2 Å². The zero-order chi connectivity index (χ0) is 11.2. The standard InChI is InChI=1S/C13H18O3/c14-11-6-7-13(10-11)16-9-8-15-12-4-2-1-3-5-12/h1-5,11,13-14H,6-10H2. The Morgan fingerprint density at radius 1 is 1.12 bits per heavy atom. The summed E-state index contributed by atoms with van der Waals surface area (Å²) in [6, 6.07) is 9.72. The Labute approximate surface area is 96.0 Å². The minimum Gasteiger partial charge on any atom is -0.491 e. The average molecular weight is 222 g/mol. The van der Waals surface area contributed by atoms with Gasteiger partial charge in [-0.3, -0.25) is 0 Å². The summed E-state index contributed by atoms with van der Waals surface area (Å²) < 4.78 is 11.1. The van der Waals surface area contributed by atoms with Crippen molar-refractivity contribution in [3.63, 3.8) is 0 Å². The van der Waals surface area contributed by atoms with Crippen LogP contribution < -0.4 is 4.74 Å². The van der Waals surface area contributed by atoms with Gasteiger partial charge in [0.25, 0.3) is 0 Å². The van der Waals surface area contributed by atoms with E-state index in [9.17, 15) is 5.11 Å². The van der Waals surface area contributed by atoms with Gasteiger partial charge in [-0.05, 0) is 31.4 Å². The summed E-state index contributed by atoms with van der Waals surface area (Å²) in [4.78, 5) is 0. The van der Waals surface area contributed by atoms with Crippen molar-refractivity contribution in [2.24, 2.45) is 0 Å². The highest BCUT2D eigenvalue weighted by atomic mass is 16.5. The molecule has 16 heavy (non-hydrogen) atoms. The minimum atomic E-state index is -0.167. The van der Waals surface area contributed by atoms with E-state index in [0.717, 1.165) is 25.0 Å². The van der Waals surface area contributed by atoms with Gasteiger partial charge in [-0.25, -0.2) is 0 Å². The number of hydrogen-bond donors (Lipinski definition) is 1. The molecule has 0 aliphatic heterocycles. The molecule has 2 rings (SSSR count). The summed E-state index contributed by atoms with van der Waals surface area (Å²) in [5, 5.41) is 9.32. The number of para-hydroxylation sites is 1. The smallest absolute Gasteiger partial charge is 0.119 e. The lowest BCUT2D eigenvalue weighted by Gasteiger charge is -2.11. The Bertz CT molecular complexity index is 299. The molecular weight excluding hydrogens is 204 g/mol. The van der Waals surface area contributed by atoms with Crippen molar-refractivity contribution in [1.82, 2.24) is 0 Å². The zero-order valence-electron chi connectivity index (χ0n) is 9.34. The number of aliphatic hydroxyl groups excluding tert-OH is 1. The van der Waals surface area contributed by atoms with Crippen molar-refractivity contribution in [3.05, 3.63) is 30.3 Å². The fourth-order valence-electron chi connectivity index (χ4n) is 1.96. The van der Waals surface area contributed by atoms with Crippen molar-refractivity contribution in [3.8, 4) is 5.75 Å². The van der Waals surface area contributed by atoms with Crippen molar-refractivity contribution in [2.45, 2.75) is 31.5 Å². The van der Waals surface area contributed by atoms with Crippen molar-refractivity contribution >= 4 is 0 Å². The van der Waals surface area contributed by atoms with E-state index in [2.05, 4.69) is 0 Å². The van der Waals surface area contributed by atoms with E-state index in [4.69, 9.17) is 9.47 Å². The summed E-state index contributed by atoms with van der Waals surface area (Å²) in [5.74, 6) is 0.873. The first-order valence-corrected chi connectivity index (χ1v) is 5.82. The van der Waals surface area contributed by atoms with E-state index >= 15 is 0 Å². The van der Waals surface area contributed by atoms with Crippen LogP contribution in [0.4, 0.5) is 0 Å². The van der Waals surface area contributed by atoms with Crippen LogP contribution in [0.25, 0.3) is 0 Å². The summed E-state index contributed by atoms with van der Waals surface area (Å²) in [6.45, 7) is 1.16. The van der Waals surface area contributed by atoms with Gasteiger partial charge in [0.2, 0.25) is 0 Å². The van der Waals surface area contributed by atoms with Crippen LogP contribution >= 0.6 is 0 Å². The molecule has 1 aliphatic carbocycles. The summed E-state index contributed by atoms with van der Waals surface area (Å²) in [6.07, 6.45) is 2.65. The Morgan fingerprint density at radius 3 is 2.62 bits per heavy atom. The molecule has 3 heteroatoms. The lowest BCUT2D eigenvalue weighted by atomic mass is 10.3. The van der Waals surface area contributed by atoms with Crippen LogP contribution in [0.5, 0.6) is 5.75 Å². The maximum absolute atomic E-state index is 9.32. The van der Waals surface area contributed by atoms with Gasteiger partial charge in [-0.2, -0.15) is 0 Å². The number of rotatable bonds is 5. The highest BCUT2D eigenvalue weighted by molar-refractivity contribution is 5.20. The fourth-order valence-corrected chi connectivity index (χ4v) is 1.96. The highest BCUT2D eigenvalue weighted by Gasteiger charge is 2.22. The quantitative estimate of drug-likeness (QED) is 0.774. The Hall–Kier alpha value is -1.06. The Kier molecular flexibility index (Phi) is 4.19. The predicted molar refractivity (Wildman–Crippen MR) is 61.5 cm³/mol. The first kappa shape index (κ1) is 11.4. The second kappa shape index (κ2) is 5.87. The first-order chi connectivity index (χ1) is 7.84. The number of hydrogen-bond acceptors (Lipinski definition) is 3. The maximum Gasteiger partial charge on any atom is 0.119 e. The van der Waals surface area contributed by atoms with E-state index in [0.29, 0.717) is 13.2 Å². The molecule has 0 spiro atoms. The summed E-state index contributed by atoms with van der Waals surface area (Å²) in [7, 11) is 0. The zero-order valence-corrected chi connectivity index (χ0v) is 9.34. The van der Waals surface area contributed by atoms with E-state index < -0.39 is 0 Å². The predicted octanol–water partition coefficient (Wildman–Crippen LogP) is 2.00. The van der Waals surface area contributed by atoms with Gasteiger partial charge < -0.3 is 14.6 Å². The molecule has 88 valence electrons. The molecule has 2 atom stereocenters. The SMILES string of the molecule is OC1CCC(OCCOc2ccccc2)C1. The number of aliphatic hydroxyl groups is 1. The molecular formula is C13H18O3. The van der Waals surface area contributed by atoms with Gasteiger partial charge in [-0.1, -0.05) is 18.2 Å². The summed E-state index contributed by atoms with van der Waals surface area (Å²) in [5.41, 5.74) is 0. The van der Waals surface area contributed by atoms with E-state index in [1.54, 1.807) is 0 Å². The monoisotopic (exact) mass is 222 g/mol. The topological polar surface area (TPSA) is 38.7 Å². The van der Waals surface area contributed by atoms with Crippen molar-refractivity contribution in [1.29, 1.82) is 0 Å². The fraction of sp³-hybridized carbons (Fsp3) is 0.538. The average Bonchev–Trinajstić information content (AvgIpc) is 2.72. The highest BCUT2D eigenvalue weighted by Crippen LogP contribution is 2.21. The third-order valence-electron chi connectivity index (χ3n) is 2.81. The van der Waals surface area contributed by atoms with E-state index in [-0.39, 0.29) is 12.2 Å². The van der Waals surface area contributed by atoms with Crippen LogP contribution in [0.3, 0.4) is 0 Å². The molecule has 0 heterocycles. The molecule has 3 nitrogen and oxygen atoms in total. The number of benzene rings is 1. The molecule has 0 radical (unpaired) electrons. The van der Waals surface area contributed by atoms with Gasteiger partial charge in [-0.15, -0.1) is 0 Å². The Morgan fingerprint density at radius 2 is 1.94 bits per heavy atom. The number of ether oxygens (including phenoxy) is 2. The first-order valence-electron chi connectivity index (χ1n) is 5.82. The molecule has 0 saturated heterocycles. The van der Waals surface area contributed by atoms with Gasteiger partial charge in [0.1, 0.15) is 12.4 Å². The lowest BCUT2D eigenvalue weighted by molar-refractivity contribution is 0.0298.